The number of rotatable bonds is 4. The average molecular weight is 371 g/mol. The number of anilines is 1. The van der Waals surface area contributed by atoms with E-state index < -0.39 is 10.8 Å². The molecule has 0 spiro atoms. The Hall–Kier alpha value is -2.44. The Bertz CT molecular complexity index is 831. The number of hydrogen-bond donors (Lipinski definition) is 3. The van der Waals surface area contributed by atoms with Crippen molar-refractivity contribution in [2.75, 3.05) is 12.4 Å². The van der Waals surface area contributed by atoms with Crippen molar-refractivity contribution in [2.24, 2.45) is 0 Å². The molecule has 23 heavy (non-hydrogen) atoms. The maximum atomic E-state index is 12.1. The third kappa shape index (κ3) is 4.28. The molecule has 0 aliphatic rings. The number of carbonyl (C=O) groups excluding carboxylic acids is 1. The normalized spacial score (nSPS) is 9.96. The van der Waals surface area contributed by atoms with E-state index in [0.717, 1.165) is 17.4 Å². The van der Waals surface area contributed by atoms with E-state index in [0.29, 0.717) is 9.09 Å². The van der Waals surface area contributed by atoms with Crippen molar-refractivity contribution in [3.05, 3.63) is 37.8 Å². The van der Waals surface area contributed by atoms with Crippen LogP contribution in [0.2, 0.25) is 0 Å². The van der Waals surface area contributed by atoms with Crippen LogP contribution in [0.15, 0.2) is 18.2 Å². The summed E-state index contributed by atoms with van der Waals surface area (Å²) in [6, 6.07) is 3.83. The zero-order valence-corrected chi connectivity index (χ0v) is 13.9. The van der Waals surface area contributed by atoms with Gasteiger partial charge in [-0.3, -0.25) is 25.3 Å². The van der Waals surface area contributed by atoms with E-state index in [1.807, 2.05) is 0 Å². The number of aromatic nitrogens is 2. The Kier molecular flexibility index (Phi) is 5.31. The number of ether oxygens (including phenoxy) is 1. The van der Waals surface area contributed by atoms with Crippen LogP contribution in [-0.2, 0) is 0 Å². The second kappa shape index (κ2) is 7.21. The van der Waals surface area contributed by atoms with Gasteiger partial charge in [-0.25, -0.2) is 0 Å². The van der Waals surface area contributed by atoms with E-state index >= 15 is 0 Å². The van der Waals surface area contributed by atoms with E-state index in [1.165, 1.54) is 19.2 Å². The van der Waals surface area contributed by atoms with Crippen LogP contribution in [0.4, 0.5) is 10.8 Å². The molecule has 2 aromatic rings. The Morgan fingerprint density at radius 3 is 2.83 bits per heavy atom. The molecule has 0 aliphatic carbocycles. The van der Waals surface area contributed by atoms with Crippen molar-refractivity contribution in [1.82, 2.24) is 15.5 Å². The number of nitrogens with one attached hydrogen (secondary N) is 3. The fourth-order valence-corrected chi connectivity index (χ4v) is 2.61. The maximum absolute atomic E-state index is 12.1. The van der Waals surface area contributed by atoms with Gasteiger partial charge >= 0.3 is 5.69 Å². The molecule has 0 saturated heterocycles. The molecule has 0 fully saturated rings. The molecule has 1 amide bonds. The van der Waals surface area contributed by atoms with E-state index in [9.17, 15) is 14.9 Å². The molecule has 0 atom stereocenters. The molecule has 9 nitrogen and oxygen atoms in total. The molecule has 0 radical (unpaired) electrons. The highest BCUT2D eigenvalue weighted by Gasteiger charge is 2.18. The monoisotopic (exact) mass is 371 g/mol. The van der Waals surface area contributed by atoms with Gasteiger partial charge in [0.15, 0.2) is 14.8 Å². The van der Waals surface area contributed by atoms with Gasteiger partial charge in [-0.05, 0) is 36.6 Å². The third-order valence-corrected chi connectivity index (χ3v) is 3.73. The van der Waals surface area contributed by atoms with Crippen LogP contribution in [-0.4, -0.2) is 33.3 Å². The van der Waals surface area contributed by atoms with Crippen molar-refractivity contribution < 1.29 is 14.5 Å². The second-order valence-corrected chi connectivity index (χ2v) is 6.04. The minimum absolute atomic E-state index is 0.00813. The molecule has 0 saturated carbocycles. The molecular weight excluding hydrogens is 362 g/mol. The van der Waals surface area contributed by atoms with Crippen LogP contribution < -0.4 is 15.4 Å². The lowest BCUT2D eigenvalue weighted by atomic mass is 10.2. The molecular formula is C11H9N5O4S3. The lowest BCUT2D eigenvalue weighted by Crippen LogP contribution is -2.34. The first-order valence-electron chi connectivity index (χ1n) is 5.91. The van der Waals surface area contributed by atoms with E-state index in [4.69, 9.17) is 29.2 Å². The van der Waals surface area contributed by atoms with Crippen LogP contribution in [0.1, 0.15) is 10.4 Å². The smallest absolute Gasteiger partial charge is 0.311 e. The second-order valence-electron chi connectivity index (χ2n) is 3.97. The number of aromatic amines is 1. The molecule has 12 heteroatoms. The van der Waals surface area contributed by atoms with Crippen LogP contribution >= 0.6 is 35.8 Å². The minimum Gasteiger partial charge on any atom is -0.490 e. The number of amides is 1. The number of hydrogen-bond acceptors (Lipinski definition) is 8. The maximum Gasteiger partial charge on any atom is 0.311 e. The molecule has 1 aromatic heterocycles. The first kappa shape index (κ1) is 16.9. The fraction of sp³-hybridized carbons (Fsp3) is 0.0909. The predicted molar refractivity (Wildman–Crippen MR) is 90.6 cm³/mol. The van der Waals surface area contributed by atoms with Crippen molar-refractivity contribution in [1.29, 1.82) is 0 Å². The van der Waals surface area contributed by atoms with Gasteiger partial charge in [-0.15, -0.1) is 5.10 Å². The van der Waals surface area contributed by atoms with Gasteiger partial charge in [-0.2, -0.15) is 0 Å². The number of nitrogens with zero attached hydrogens (tertiary/aromatic N) is 2. The molecule has 0 bridgehead atoms. The zero-order valence-electron chi connectivity index (χ0n) is 11.5. The quantitative estimate of drug-likeness (QED) is 0.425. The summed E-state index contributed by atoms with van der Waals surface area (Å²) in [5.74, 6) is -0.545. The predicted octanol–water partition coefficient (Wildman–Crippen LogP) is 2.24. The Morgan fingerprint density at radius 1 is 1.52 bits per heavy atom. The standard InChI is InChI=1S/C11H9N5O4S3/c1-20-7-3-2-5(4-6(7)16(18)19)8(17)12-9(21)13-10-14-15-11(22)23-10/h2-4H,1H3,(H,15,22)(H2,12,13,14,17,21). The molecule has 1 aromatic carbocycles. The highest BCUT2D eigenvalue weighted by Crippen LogP contribution is 2.27. The molecule has 0 unspecified atom stereocenters. The molecule has 0 aliphatic heterocycles. The number of carbonyl (C=O) groups is 1. The lowest BCUT2D eigenvalue weighted by Gasteiger charge is -2.08. The van der Waals surface area contributed by atoms with Gasteiger partial charge in [0.05, 0.1) is 12.0 Å². The van der Waals surface area contributed by atoms with Gasteiger partial charge in [-0.1, -0.05) is 11.3 Å². The number of nitro groups is 1. The summed E-state index contributed by atoms with van der Waals surface area (Å²) in [5, 5.41) is 22.8. The summed E-state index contributed by atoms with van der Waals surface area (Å²) in [5.41, 5.74) is -0.249. The van der Waals surface area contributed by atoms with Crippen molar-refractivity contribution in [3.63, 3.8) is 0 Å². The van der Waals surface area contributed by atoms with Gasteiger partial charge in [0.25, 0.3) is 5.91 Å². The van der Waals surface area contributed by atoms with Crippen LogP contribution in [0.25, 0.3) is 0 Å². The van der Waals surface area contributed by atoms with E-state index in [-0.39, 0.29) is 22.1 Å². The van der Waals surface area contributed by atoms with Crippen LogP contribution in [0, 0.1) is 14.1 Å². The first-order chi connectivity index (χ1) is 10.9. The number of H-pyrrole nitrogens is 1. The highest BCUT2D eigenvalue weighted by atomic mass is 32.1. The first-order valence-corrected chi connectivity index (χ1v) is 7.54. The van der Waals surface area contributed by atoms with E-state index in [1.54, 1.807) is 0 Å². The van der Waals surface area contributed by atoms with Gasteiger partial charge in [0.2, 0.25) is 5.13 Å². The highest BCUT2D eigenvalue weighted by molar-refractivity contribution is 7.80. The third-order valence-electron chi connectivity index (χ3n) is 2.52. The molecule has 3 N–H and O–H groups in total. The molecule has 2 rings (SSSR count). The van der Waals surface area contributed by atoms with Crippen LogP contribution in [0.3, 0.4) is 0 Å². The minimum atomic E-state index is -0.636. The van der Waals surface area contributed by atoms with Gasteiger partial charge < -0.3 is 10.1 Å². The summed E-state index contributed by atoms with van der Waals surface area (Å²) in [6.07, 6.45) is 0. The van der Waals surface area contributed by atoms with E-state index in [2.05, 4.69) is 20.8 Å². The van der Waals surface area contributed by atoms with Crippen LogP contribution in [0.5, 0.6) is 5.75 Å². The van der Waals surface area contributed by atoms with Gasteiger partial charge in [0, 0.05) is 11.6 Å². The fourth-order valence-electron chi connectivity index (χ4n) is 1.56. The largest absolute Gasteiger partial charge is 0.490 e. The topological polar surface area (TPSA) is 122 Å². The summed E-state index contributed by atoms with van der Waals surface area (Å²) in [7, 11) is 1.31. The Morgan fingerprint density at radius 2 is 2.26 bits per heavy atom. The summed E-state index contributed by atoms with van der Waals surface area (Å²) < 4.78 is 5.32. The van der Waals surface area contributed by atoms with Crippen molar-refractivity contribution >= 4 is 57.6 Å². The number of methoxy groups -OCH3 is 1. The number of benzene rings is 1. The summed E-state index contributed by atoms with van der Waals surface area (Å²) in [6.45, 7) is 0. The number of thiocarbonyl (C=S) groups is 1. The lowest BCUT2D eigenvalue weighted by molar-refractivity contribution is -0.385. The van der Waals surface area contributed by atoms with Gasteiger partial charge in [0.1, 0.15) is 0 Å². The Labute approximate surface area is 143 Å². The average Bonchev–Trinajstić information content (AvgIpc) is 2.91. The SMILES string of the molecule is COc1ccc(C(=O)NC(=S)Nc2n[nH]c(=S)s2)cc1[N+](=O)[O-]. The Balaban J connectivity index is 2.11. The summed E-state index contributed by atoms with van der Waals surface area (Å²) >= 11 is 11.0. The van der Waals surface area contributed by atoms with Crippen molar-refractivity contribution in [2.45, 2.75) is 0 Å². The van der Waals surface area contributed by atoms with Crippen molar-refractivity contribution in [3.8, 4) is 5.75 Å². The number of nitro benzene ring substituents is 1. The summed E-state index contributed by atoms with van der Waals surface area (Å²) in [4.78, 5) is 22.4. The molecule has 1 heterocycles. The zero-order chi connectivity index (χ0) is 17.0. The molecule has 120 valence electrons.